The van der Waals surface area contributed by atoms with Gasteiger partial charge >= 0.3 is 11.9 Å². The van der Waals surface area contributed by atoms with Crippen LogP contribution >= 0.6 is 22.9 Å². The average Bonchev–Trinajstić information content (AvgIpc) is 3.50. The third-order valence-electron chi connectivity index (χ3n) is 7.68. The molecule has 0 spiro atoms. The van der Waals surface area contributed by atoms with Gasteiger partial charge in [-0.25, -0.2) is 9.18 Å². The molecule has 42 heavy (non-hydrogen) atoms. The number of nitrogens with zero attached hydrogens (tertiary/aromatic N) is 1. The molecule has 0 unspecified atom stereocenters. The van der Waals surface area contributed by atoms with E-state index in [0.717, 1.165) is 4.88 Å². The minimum Gasteiger partial charge on any atom is -0.465 e. The van der Waals surface area contributed by atoms with E-state index in [-0.39, 0.29) is 42.2 Å². The fourth-order valence-electron chi connectivity index (χ4n) is 5.84. The molecule has 0 amide bonds. The zero-order chi connectivity index (χ0) is 30.1. The van der Waals surface area contributed by atoms with Crippen LogP contribution in [-0.2, 0) is 23.9 Å². The lowest BCUT2D eigenvalue weighted by Gasteiger charge is -2.44. The van der Waals surface area contributed by atoms with Gasteiger partial charge in [0.15, 0.2) is 5.78 Å². The molecule has 7 nitrogen and oxygen atoms in total. The lowest BCUT2D eigenvalue weighted by atomic mass is 9.68. The van der Waals surface area contributed by atoms with Crippen molar-refractivity contribution in [1.29, 1.82) is 0 Å². The predicted octanol–water partition coefficient (Wildman–Crippen LogP) is 6.38. The van der Waals surface area contributed by atoms with Gasteiger partial charge in [0.25, 0.3) is 0 Å². The van der Waals surface area contributed by atoms with Crippen LogP contribution in [0, 0.1) is 18.7 Å². The van der Waals surface area contributed by atoms with Gasteiger partial charge in [-0.05, 0) is 62.4 Å². The number of carbonyl (C=O) groups is 3. The monoisotopic (exact) mass is 608 g/mol. The summed E-state index contributed by atoms with van der Waals surface area (Å²) in [5.41, 5.74) is 8.60. The van der Waals surface area contributed by atoms with E-state index in [9.17, 15) is 14.4 Å². The number of rotatable bonds is 7. The van der Waals surface area contributed by atoms with Crippen molar-refractivity contribution in [3.05, 3.63) is 109 Å². The molecule has 2 N–H and O–H groups in total. The largest absolute Gasteiger partial charge is 0.465 e. The molecule has 218 valence electrons. The number of halogens is 2. The van der Waals surface area contributed by atoms with Crippen LogP contribution < -0.4 is 10.6 Å². The van der Waals surface area contributed by atoms with Crippen molar-refractivity contribution in [2.45, 2.75) is 39.0 Å². The molecule has 0 radical (unpaired) electrons. The summed E-state index contributed by atoms with van der Waals surface area (Å²) < 4.78 is 26.4. The third kappa shape index (κ3) is 5.01. The lowest BCUT2D eigenvalue weighted by molar-refractivity contribution is -0.152. The maximum absolute atomic E-state index is 15.6. The molecule has 0 saturated carbocycles. The molecule has 3 atom stereocenters. The fraction of sp³-hybridized carbons (Fsp3) is 0.281. The van der Waals surface area contributed by atoms with Crippen LogP contribution in [0.2, 0.25) is 5.02 Å². The average molecular weight is 609 g/mol. The molecule has 1 aliphatic carbocycles. The first-order chi connectivity index (χ1) is 20.2. The minimum atomic E-state index is -1.22. The minimum absolute atomic E-state index is 0.00173. The first-order valence-electron chi connectivity index (χ1n) is 13.6. The van der Waals surface area contributed by atoms with Crippen molar-refractivity contribution in [2.75, 3.05) is 18.1 Å². The van der Waals surface area contributed by atoms with E-state index in [4.69, 9.17) is 26.8 Å². The number of hydrogen-bond donors (Lipinski definition) is 1. The number of hydrogen-bond acceptors (Lipinski definition) is 8. The van der Waals surface area contributed by atoms with Crippen molar-refractivity contribution in [2.24, 2.45) is 11.7 Å². The molecular formula is C32H30ClFN2O5S. The fourth-order valence-corrected chi connectivity index (χ4v) is 6.88. The summed E-state index contributed by atoms with van der Waals surface area (Å²) in [6.07, 6.45) is 0.193. The summed E-state index contributed by atoms with van der Waals surface area (Å²) in [6.45, 7) is 5.23. The summed E-state index contributed by atoms with van der Waals surface area (Å²) in [6, 6.07) is 14.9. The van der Waals surface area contributed by atoms with E-state index < -0.39 is 41.3 Å². The number of nitrogens with two attached hydrogens (primary N) is 1. The summed E-state index contributed by atoms with van der Waals surface area (Å²) in [4.78, 5) is 44.2. The van der Waals surface area contributed by atoms with Crippen molar-refractivity contribution >= 4 is 46.3 Å². The summed E-state index contributed by atoms with van der Waals surface area (Å²) in [7, 11) is 0. The zero-order valence-electron chi connectivity index (χ0n) is 23.4. The van der Waals surface area contributed by atoms with Crippen molar-refractivity contribution in [3.63, 3.8) is 0 Å². The van der Waals surface area contributed by atoms with E-state index in [0.29, 0.717) is 22.0 Å². The predicted molar refractivity (Wildman–Crippen MR) is 159 cm³/mol. The number of Topliss-reactive ketones (excluding diaryl/α,β-unsaturated/α-hetero) is 1. The maximum atomic E-state index is 15.6. The number of esters is 2. The van der Waals surface area contributed by atoms with Gasteiger partial charge in [-0.1, -0.05) is 41.9 Å². The second kappa shape index (κ2) is 12.1. The van der Waals surface area contributed by atoms with Gasteiger partial charge in [-0.2, -0.15) is 0 Å². The van der Waals surface area contributed by atoms with Gasteiger partial charge < -0.3 is 15.2 Å². The van der Waals surface area contributed by atoms with Gasteiger partial charge in [0, 0.05) is 32.7 Å². The smallest absolute Gasteiger partial charge is 0.338 e. The molecule has 3 aromatic rings. The second-order valence-electron chi connectivity index (χ2n) is 9.97. The molecule has 10 heteroatoms. The number of anilines is 1. The second-order valence-corrected chi connectivity index (χ2v) is 11.4. The molecule has 2 aromatic carbocycles. The van der Waals surface area contributed by atoms with E-state index in [1.54, 1.807) is 49.9 Å². The Balaban J connectivity index is 1.86. The zero-order valence-corrected chi connectivity index (χ0v) is 24.9. The Morgan fingerprint density at radius 1 is 1.07 bits per heavy atom. The molecule has 2 heterocycles. The standard InChI is InChI=1S/C32H30ClFN2O5S/c1-4-40-31(38)26-19(24-14-9-15-42-24)16-23-27(29(26)37)25(18-10-6-7-12-21(18)34)28(32(39)41-5-2)30(35)36(23)22-13-8-11-20(33)17(22)3/h6-15,19,25-26H,4-5,16,35H2,1-3H3/t19-,25-,26+/m0/s1. The molecule has 1 aliphatic heterocycles. The van der Waals surface area contributed by atoms with Crippen LogP contribution in [0.25, 0.3) is 0 Å². The normalized spacial score (nSPS) is 20.5. The summed E-state index contributed by atoms with van der Waals surface area (Å²) >= 11 is 7.95. The Morgan fingerprint density at radius 3 is 2.48 bits per heavy atom. The Hall–Kier alpha value is -3.95. The van der Waals surface area contributed by atoms with E-state index in [2.05, 4.69) is 0 Å². The van der Waals surface area contributed by atoms with Gasteiger partial charge in [-0.3, -0.25) is 14.5 Å². The summed E-state index contributed by atoms with van der Waals surface area (Å²) in [5.74, 6) is -5.65. The Kier molecular flexibility index (Phi) is 8.52. The van der Waals surface area contributed by atoms with Gasteiger partial charge in [0.1, 0.15) is 17.6 Å². The SMILES string of the molecule is CCOC(=O)C1=C(N)N(c2cccc(Cl)c2C)C2=C(C(=O)[C@H](C(=O)OCC)[C@H](c3cccs3)C2)[C@@H]1c1ccccc1F. The highest BCUT2D eigenvalue weighted by Crippen LogP contribution is 2.53. The Morgan fingerprint density at radius 2 is 1.81 bits per heavy atom. The van der Waals surface area contributed by atoms with Crippen LogP contribution in [0.5, 0.6) is 0 Å². The number of benzene rings is 2. The molecular weight excluding hydrogens is 579 g/mol. The van der Waals surface area contributed by atoms with Crippen LogP contribution in [0.1, 0.15) is 48.1 Å². The highest BCUT2D eigenvalue weighted by molar-refractivity contribution is 7.10. The molecule has 0 fully saturated rings. The highest BCUT2D eigenvalue weighted by atomic mass is 35.5. The van der Waals surface area contributed by atoms with Crippen LogP contribution in [-0.4, -0.2) is 30.9 Å². The Labute approximate surface area is 252 Å². The first-order valence-corrected chi connectivity index (χ1v) is 14.9. The summed E-state index contributed by atoms with van der Waals surface area (Å²) in [5, 5.41) is 2.33. The quantitative estimate of drug-likeness (QED) is 0.246. The van der Waals surface area contributed by atoms with E-state index in [1.807, 2.05) is 17.5 Å². The van der Waals surface area contributed by atoms with Crippen LogP contribution in [0.3, 0.4) is 0 Å². The highest BCUT2D eigenvalue weighted by Gasteiger charge is 2.52. The molecule has 2 aliphatic rings. The van der Waals surface area contributed by atoms with Gasteiger partial charge in [-0.15, -0.1) is 11.3 Å². The number of ether oxygens (including phenoxy) is 2. The van der Waals surface area contributed by atoms with Gasteiger partial charge in [0.2, 0.25) is 0 Å². The van der Waals surface area contributed by atoms with E-state index >= 15 is 4.39 Å². The molecule has 0 saturated heterocycles. The number of carbonyl (C=O) groups excluding carboxylic acids is 3. The molecule has 5 rings (SSSR count). The molecule has 1 aromatic heterocycles. The number of allylic oxidation sites excluding steroid dienone is 2. The maximum Gasteiger partial charge on any atom is 0.338 e. The van der Waals surface area contributed by atoms with Crippen molar-refractivity contribution in [3.8, 4) is 0 Å². The van der Waals surface area contributed by atoms with Crippen LogP contribution in [0.15, 0.2) is 82.6 Å². The van der Waals surface area contributed by atoms with Crippen molar-refractivity contribution < 1.29 is 28.2 Å². The third-order valence-corrected chi connectivity index (χ3v) is 9.09. The van der Waals surface area contributed by atoms with E-state index in [1.165, 1.54) is 29.5 Å². The number of ketones is 1. The molecule has 0 bridgehead atoms. The topological polar surface area (TPSA) is 98.9 Å². The lowest BCUT2D eigenvalue weighted by Crippen LogP contribution is -2.46. The van der Waals surface area contributed by atoms with Gasteiger partial charge in [0.05, 0.1) is 30.4 Å². The number of thiophene rings is 1. The first kappa shape index (κ1) is 29.5. The van der Waals surface area contributed by atoms with Crippen molar-refractivity contribution in [1.82, 2.24) is 0 Å². The van der Waals surface area contributed by atoms with Crippen LogP contribution in [0.4, 0.5) is 10.1 Å². The Bertz CT molecular complexity index is 1620.